The number of hydrogen-bond donors (Lipinski definition) is 0. The van der Waals surface area contributed by atoms with Crippen LogP contribution in [0.3, 0.4) is 0 Å². The Balaban J connectivity index is 2.10. The zero-order valence-electron chi connectivity index (χ0n) is 13.0. The molecule has 3 nitrogen and oxygen atoms in total. The molecule has 0 radical (unpaired) electrons. The van der Waals surface area contributed by atoms with Gasteiger partial charge in [-0.25, -0.2) is 0 Å². The Bertz CT molecular complexity index is 640. The van der Waals surface area contributed by atoms with E-state index < -0.39 is 0 Å². The van der Waals surface area contributed by atoms with Crippen molar-refractivity contribution in [2.75, 3.05) is 14.2 Å². The molecule has 0 saturated carbocycles. The van der Waals surface area contributed by atoms with Gasteiger partial charge in [0.15, 0.2) is 0 Å². The number of aryl methyl sites for hydroxylation is 1. The number of hydrogen-bond acceptors (Lipinski definition) is 3. The second kappa shape index (κ2) is 5.94. The summed E-state index contributed by atoms with van der Waals surface area (Å²) in [6.07, 6.45) is 6.54. The quantitative estimate of drug-likeness (QED) is 0.840. The summed E-state index contributed by atoms with van der Waals surface area (Å²) < 4.78 is 16.8. The maximum atomic E-state index is 5.81. The number of fused-ring (bicyclic) bond motifs is 1. The fraction of sp³-hybridized carbons (Fsp3) is 0.444. The normalized spacial score (nSPS) is 14.0. The molecule has 1 aromatic carbocycles. The van der Waals surface area contributed by atoms with Crippen LogP contribution in [-0.2, 0) is 24.2 Å². The Morgan fingerprint density at radius 3 is 2.71 bits per heavy atom. The first-order chi connectivity index (χ1) is 10.3. The third-order valence-electron chi connectivity index (χ3n) is 4.37. The van der Waals surface area contributed by atoms with Crippen LogP contribution in [0.2, 0.25) is 0 Å². The largest absolute Gasteiger partial charge is 0.496 e. The lowest BCUT2D eigenvalue weighted by molar-refractivity contribution is 0.184. The van der Waals surface area contributed by atoms with Crippen LogP contribution in [0.1, 0.15) is 35.1 Å². The van der Waals surface area contributed by atoms with Gasteiger partial charge in [-0.3, -0.25) is 0 Å². The Labute approximate surface area is 125 Å². The molecule has 0 unspecified atom stereocenters. The molecule has 1 aliphatic rings. The average molecular weight is 286 g/mol. The fourth-order valence-corrected chi connectivity index (χ4v) is 3.22. The van der Waals surface area contributed by atoms with Gasteiger partial charge < -0.3 is 13.9 Å². The number of ether oxygens (including phenoxy) is 2. The second-order valence-electron chi connectivity index (χ2n) is 5.64. The van der Waals surface area contributed by atoms with E-state index in [2.05, 4.69) is 19.1 Å². The van der Waals surface area contributed by atoms with Crippen molar-refractivity contribution in [2.45, 2.75) is 39.2 Å². The lowest BCUT2D eigenvalue weighted by Gasteiger charge is -2.20. The first kappa shape index (κ1) is 14.2. The molecule has 0 atom stereocenters. The van der Waals surface area contributed by atoms with Crippen LogP contribution in [0.5, 0.6) is 5.75 Å². The lowest BCUT2D eigenvalue weighted by atomic mass is 9.88. The van der Waals surface area contributed by atoms with E-state index in [1.54, 1.807) is 20.5 Å². The molecule has 3 heteroatoms. The summed E-state index contributed by atoms with van der Waals surface area (Å²) in [5, 5.41) is 0. The third-order valence-corrected chi connectivity index (χ3v) is 4.37. The maximum Gasteiger partial charge on any atom is 0.140 e. The van der Waals surface area contributed by atoms with Crippen LogP contribution in [0.4, 0.5) is 0 Å². The van der Waals surface area contributed by atoms with Gasteiger partial charge in [-0.1, -0.05) is 6.07 Å². The Hall–Kier alpha value is -1.74. The molecule has 0 saturated heterocycles. The first-order valence-corrected chi connectivity index (χ1v) is 7.51. The smallest absolute Gasteiger partial charge is 0.140 e. The minimum absolute atomic E-state index is 0.572. The third kappa shape index (κ3) is 2.46. The van der Waals surface area contributed by atoms with E-state index in [0.717, 1.165) is 41.0 Å². The number of benzene rings is 1. The molecule has 2 aromatic rings. The van der Waals surface area contributed by atoms with E-state index in [9.17, 15) is 0 Å². The molecular formula is C18H22O3. The zero-order chi connectivity index (χ0) is 14.8. The van der Waals surface area contributed by atoms with Crippen molar-refractivity contribution in [3.63, 3.8) is 0 Å². The molecule has 0 fully saturated rings. The molecule has 21 heavy (non-hydrogen) atoms. The molecule has 0 bridgehead atoms. The Morgan fingerprint density at radius 1 is 1.14 bits per heavy atom. The predicted octanol–water partition coefficient (Wildman–Crippen LogP) is 4.29. The van der Waals surface area contributed by atoms with Crippen molar-refractivity contribution in [1.29, 1.82) is 0 Å². The summed E-state index contributed by atoms with van der Waals surface area (Å²) in [6.45, 7) is 2.65. The first-order valence-electron chi connectivity index (χ1n) is 7.51. The molecule has 112 valence electrons. The summed E-state index contributed by atoms with van der Waals surface area (Å²) in [7, 11) is 3.45. The van der Waals surface area contributed by atoms with Crippen molar-refractivity contribution in [2.24, 2.45) is 0 Å². The Kier molecular flexibility index (Phi) is 4.02. The van der Waals surface area contributed by atoms with Gasteiger partial charge in [-0.2, -0.15) is 0 Å². The van der Waals surface area contributed by atoms with Crippen molar-refractivity contribution < 1.29 is 13.9 Å². The van der Waals surface area contributed by atoms with E-state index in [1.165, 1.54) is 24.0 Å². The van der Waals surface area contributed by atoms with E-state index in [-0.39, 0.29) is 0 Å². The molecule has 0 amide bonds. The van der Waals surface area contributed by atoms with E-state index >= 15 is 0 Å². The number of rotatable bonds is 4. The van der Waals surface area contributed by atoms with E-state index in [0.29, 0.717) is 6.61 Å². The highest BCUT2D eigenvalue weighted by Crippen LogP contribution is 2.40. The van der Waals surface area contributed by atoms with Gasteiger partial charge in [0.1, 0.15) is 11.5 Å². The van der Waals surface area contributed by atoms with Crippen molar-refractivity contribution in [1.82, 2.24) is 0 Å². The van der Waals surface area contributed by atoms with Crippen molar-refractivity contribution >= 4 is 0 Å². The van der Waals surface area contributed by atoms with Gasteiger partial charge in [0.05, 0.1) is 25.5 Å². The van der Waals surface area contributed by atoms with Gasteiger partial charge in [0.25, 0.3) is 0 Å². The van der Waals surface area contributed by atoms with Gasteiger partial charge in [0, 0.05) is 18.2 Å². The topological polar surface area (TPSA) is 31.6 Å². The van der Waals surface area contributed by atoms with Crippen LogP contribution < -0.4 is 4.74 Å². The molecular weight excluding hydrogens is 264 g/mol. The molecule has 1 aromatic heterocycles. The summed E-state index contributed by atoms with van der Waals surface area (Å²) in [5.74, 6) is 1.88. The maximum absolute atomic E-state index is 5.81. The summed E-state index contributed by atoms with van der Waals surface area (Å²) in [4.78, 5) is 0. The van der Waals surface area contributed by atoms with Gasteiger partial charge in [0.2, 0.25) is 0 Å². The van der Waals surface area contributed by atoms with Crippen LogP contribution in [-0.4, -0.2) is 14.2 Å². The standard InChI is InChI=1S/C18H22O3/c1-12-14(10-19-2)11-21-17(12)16-9-8-13-6-4-5-7-15(13)18(16)20-3/h8-9,11H,4-7,10H2,1-3H3. The van der Waals surface area contributed by atoms with E-state index in [1.807, 2.05) is 0 Å². The SMILES string of the molecule is COCc1coc(-c2ccc3c(c2OC)CCCC3)c1C. The molecule has 0 N–H and O–H groups in total. The van der Waals surface area contributed by atoms with Crippen molar-refractivity contribution in [3.8, 4) is 17.1 Å². The summed E-state index contributed by atoms with van der Waals surface area (Å²) >= 11 is 0. The molecule has 0 aliphatic heterocycles. The summed E-state index contributed by atoms with van der Waals surface area (Å²) in [6, 6.07) is 4.36. The second-order valence-corrected chi connectivity index (χ2v) is 5.64. The van der Waals surface area contributed by atoms with Crippen LogP contribution in [0, 0.1) is 6.92 Å². The summed E-state index contributed by atoms with van der Waals surface area (Å²) in [5.41, 5.74) is 6.05. The van der Waals surface area contributed by atoms with Gasteiger partial charge in [-0.15, -0.1) is 0 Å². The predicted molar refractivity (Wildman–Crippen MR) is 82.8 cm³/mol. The molecule has 0 spiro atoms. The van der Waals surface area contributed by atoms with Crippen LogP contribution in [0.25, 0.3) is 11.3 Å². The van der Waals surface area contributed by atoms with Gasteiger partial charge >= 0.3 is 0 Å². The highest BCUT2D eigenvalue weighted by atomic mass is 16.5. The fourth-order valence-electron chi connectivity index (χ4n) is 3.22. The monoisotopic (exact) mass is 286 g/mol. The highest BCUT2D eigenvalue weighted by molar-refractivity contribution is 5.72. The average Bonchev–Trinajstić information content (AvgIpc) is 2.87. The molecule has 3 rings (SSSR count). The minimum Gasteiger partial charge on any atom is -0.496 e. The van der Waals surface area contributed by atoms with Crippen LogP contribution in [0.15, 0.2) is 22.8 Å². The Morgan fingerprint density at radius 2 is 1.95 bits per heavy atom. The molecule has 1 heterocycles. The van der Waals surface area contributed by atoms with Crippen LogP contribution >= 0.6 is 0 Å². The number of methoxy groups -OCH3 is 2. The minimum atomic E-state index is 0.572. The molecule has 1 aliphatic carbocycles. The zero-order valence-corrected chi connectivity index (χ0v) is 13.0. The number of furan rings is 1. The van der Waals surface area contributed by atoms with E-state index in [4.69, 9.17) is 13.9 Å². The van der Waals surface area contributed by atoms with Gasteiger partial charge in [-0.05, 0) is 49.8 Å². The highest BCUT2D eigenvalue weighted by Gasteiger charge is 2.21. The van der Waals surface area contributed by atoms with Crippen molar-refractivity contribution in [3.05, 3.63) is 40.6 Å². The lowest BCUT2D eigenvalue weighted by Crippen LogP contribution is -2.06.